The first-order chi connectivity index (χ1) is 9.36. The fourth-order valence-electron chi connectivity index (χ4n) is 1.62. The lowest BCUT2D eigenvalue weighted by atomic mass is 9.87. The van der Waals surface area contributed by atoms with E-state index in [1.54, 1.807) is 0 Å². The fourth-order valence-corrected chi connectivity index (χ4v) is 2.14. The van der Waals surface area contributed by atoms with E-state index in [4.69, 9.17) is 4.74 Å². The zero-order valence-corrected chi connectivity index (χ0v) is 11.7. The monoisotopic (exact) mass is 347 g/mol. The maximum absolute atomic E-state index is 12.6. The van der Waals surface area contributed by atoms with Crippen LogP contribution >= 0.6 is 15.9 Å². The Morgan fingerprint density at radius 2 is 2.10 bits per heavy atom. The van der Waals surface area contributed by atoms with Gasteiger partial charge in [0.2, 0.25) is 0 Å². The van der Waals surface area contributed by atoms with E-state index in [0.29, 0.717) is 15.7 Å². The predicted molar refractivity (Wildman–Crippen MR) is 70.4 cm³/mol. The van der Waals surface area contributed by atoms with Crippen molar-refractivity contribution in [3.8, 4) is 11.4 Å². The number of hydrogen-bond acceptors (Lipinski definition) is 3. The van der Waals surface area contributed by atoms with E-state index in [1.807, 2.05) is 0 Å². The highest BCUT2D eigenvalue weighted by molar-refractivity contribution is 9.10. The number of benzene rings is 1. The molecular weight excluding hydrogens is 340 g/mol. The molecule has 0 saturated heterocycles. The summed E-state index contributed by atoms with van der Waals surface area (Å²) in [5, 5.41) is 12.8. The molecule has 0 fully saturated rings. The van der Waals surface area contributed by atoms with Crippen molar-refractivity contribution in [2.45, 2.75) is 6.18 Å². The first kappa shape index (κ1) is 14.9. The van der Waals surface area contributed by atoms with Crippen molar-refractivity contribution in [2.24, 2.45) is 0 Å². The number of methoxy groups -OCH3 is 1. The van der Waals surface area contributed by atoms with Crippen molar-refractivity contribution >= 4 is 28.9 Å². The van der Waals surface area contributed by atoms with Gasteiger partial charge in [0.15, 0.2) is 0 Å². The Bertz CT molecular complexity index is 631. The number of alkyl halides is 3. The second-order valence-corrected chi connectivity index (χ2v) is 4.70. The summed E-state index contributed by atoms with van der Waals surface area (Å²) in [6.45, 7) is 0. The molecule has 1 radical (unpaired) electrons. The SMILES string of the molecule is COc1cc(-n2cc(C(F)(F)F)cn2)c([B]O)cc1Br. The predicted octanol–water partition coefficient (Wildman–Crippen LogP) is 1.90. The minimum Gasteiger partial charge on any atom is -0.495 e. The van der Waals surface area contributed by atoms with Gasteiger partial charge in [-0.3, -0.25) is 0 Å². The van der Waals surface area contributed by atoms with Crippen LogP contribution in [0.1, 0.15) is 5.56 Å². The Labute approximate surface area is 121 Å². The molecule has 1 N–H and O–H groups in total. The smallest absolute Gasteiger partial charge is 0.419 e. The lowest BCUT2D eigenvalue weighted by Crippen LogP contribution is -2.21. The van der Waals surface area contributed by atoms with Crippen molar-refractivity contribution in [3.63, 3.8) is 0 Å². The largest absolute Gasteiger partial charge is 0.495 e. The summed E-state index contributed by atoms with van der Waals surface area (Å²) in [5.41, 5.74) is -0.305. The van der Waals surface area contributed by atoms with Gasteiger partial charge in [0.25, 0.3) is 0 Å². The van der Waals surface area contributed by atoms with Gasteiger partial charge in [-0.1, -0.05) is 0 Å². The molecule has 2 rings (SSSR count). The molecule has 1 heterocycles. The third-order valence-corrected chi connectivity index (χ3v) is 3.22. The molecule has 105 valence electrons. The Kier molecular flexibility index (Phi) is 4.10. The molecule has 0 aliphatic carbocycles. The summed E-state index contributed by atoms with van der Waals surface area (Å²) in [7, 11) is 2.21. The summed E-state index contributed by atoms with van der Waals surface area (Å²) in [5.74, 6) is 0.412. The van der Waals surface area contributed by atoms with Crippen LogP contribution in [0, 0.1) is 0 Å². The van der Waals surface area contributed by atoms with E-state index in [2.05, 4.69) is 21.0 Å². The zero-order chi connectivity index (χ0) is 14.9. The Morgan fingerprint density at radius 1 is 1.40 bits per heavy atom. The average Bonchev–Trinajstić information content (AvgIpc) is 2.87. The zero-order valence-electron chi connectivity index (χ0n) is 10.1. The third kappa shape index (κ3) is 2.83. The highest BCUT2D eigenvalue weighted by Crippen LogP contribution is 2.30. The average molecular weight is 348 g/mol. The molecule has 0 aliphatic rings. The van der Waals surface area contributed by atoms with Gasteiger partial charge in [0.1, 0.15) is 5.75 Å². The molecule has 20 heavy (non-hydrogen) atoms. The molecule has 0 bridgehead atoms. The number of ether oxygens (including phenoxy) is 1. The van der Waals surface area contributed by atoms with Gasteiger partial charge >= 0.3 is 13.7 Å². The number of rotatable bonds is 3. The third-order valence-electron chi connectivity index (χ3n) is 2.60. The maximum atomic E-state index is 12.6. The number of halogens is 4. The lowest BCUT2D eigenvalue weighted by molar-refractivity contribution is -0.137. The minimum absolute atomic E-state index is 0.267. The molecule has 9 heteroatoms. The molecule has 1 aromatic heterocycles. The molecular formula is C11H8BBrF3N2O2. The van der Waals surface area contributed by atoms with Gasteiger partial charge < -0.3 is 9.76 Å². The fraction of sp³-hybridized carbons (Fsp3) is 0.182. The molecule has 0 saturated carbocycles. The van der Waals surface area contributed by atoms with Crippen molar-refractivity contribution in [1.29, 1.82) is 0 Å². The van der Waals surface area contributed by atoms with E-state index < -0.39 is 11.7 Å². The number of aromatic nitrogens is 2. The summed E-state index contributed by atoms with van der Waals surface area (Å²) in [6.07, 6.45) is -2.91. The van der Waals surface area contributed by atoms with Crippen molar-refractivity contribution in [3.05, 3.63) is 34.6 Å². The van der Waals surface area contributed by atoms with E-state index in [9.17, 15) is 18.2 Å². The standard InChI is InChI=1S/C11H8BBrF3N2O2/c1-20-10-3-9(7(12-19)2-8(10)13)18-5-6(4-17-18)11(14,15)16/h2-5,19H,1H3. The summed E-state index contributed by atoms with van der Waals surface area (Å²) in [6, 6.07) is 2.99. The van der Waals surface area contributed by atoms with Gasteiger partial charge in [-0.2, -0.15) is 18.3 Å². The summed E-state index contributed by atoms with van der Waals surface area (Å²) in [4.78, 5) is 0. The van der Waals surface area contributed by atoms with Gasteiger partial charge in [-0.25, -0.2) is 4.68 Å². The van der Waals surface area contributed by atoms with Crippen LogP contribution in [0.3, 0.4) is 0 Å². The number of hydrogen-bond donors (Lipinski definition) is 1. The van der Waals surface area contributed by atoms with Crippen LogP contribution in [0.4, 0.5) is 13.2 Å². The van der Waals surface area contributed by atoms with Gasteiger partial charge in [-0.15, -0.1) is 0 Å². The van der Waals surface area contributed by atoms with E-state index >= 15 is 0 Å². The second-order valence-electron chi connectivity index (χ2n) is 3.85. The topological polar surface area (TPSA) is 47.3 Å². The second kappa shape index (κ2) is 5.49. The first-order valence-electron chi connectivity index (χ1n) is 5.34. The van der Waals surface area contributed by atoms with E-state index in [0.717, 1.165) is 24.6 Å². The Morgan fingerprint density at radius 3 is 2.60 bits per heavy atom. The van der Waals surface area contributed by atoms with Crippen LogP contribution in [-0.2, 0) is 6.18 Å². The van der Waals surface area contributed by atoms with E-state index in [1.165, 1.54) is 19.2 Å². The minimum atomic E-state index is -4.47. The van der Waals surface area contributed by atoms with Crippen LogP contribution in [0.25, 0.3) is 5.69 Å². The van der Waals surface area contributed by atoms with Crippen LogP contribution in [-0.4, -0.2) is 29.4 Å². The molecule has 1 aromatic carbocycles. The summed E-state index contributed by atoms with van der Waals surface area (Å²) < 4.78 is 44.4. The Hall–Kier alpha value is -1.48. The molecule has 2 aromatic rings. The molecule has 0 unspecified atom stereocenters. The van der Waals surface area contributed by atoms with Crippen LogP contribution in [0.15, 0.2) is 29.0 Å². The Balaban J connectivity index is 2.54. The normalized spacial score (nSPS) is 11.5. The molecule has 4 nitrogen and oxygen atoms in total. The molecule has 0 amide bonds. The quantitative estimate of drug-likeness (QED) is 0.863. The molecule has 0 atom stereocenters. The van der Waals surface area contributed by atoms with Gasteiger partial charge in [0, 0.05) is 12.3 Å². The first-order valence-corrected chi connectivity index (χ1v) is 6.13. The summed E-state index contributed by atoms with van der Waals surface area (Å²) >= 11 is 3.23. The van der Waals surface area contributed by atoms with Crippen molar-refractivity contribution in [1.82, 2.24) is 9.78 Å². The van der Waals surface area contributed by atoms with Crippen LogP contribution < -0.4 is 10.2 Å². The lowest BCUT2D eigenvalue weighted by Gasteiger charge is -2.11. The highest BCUT2D eigenvalue weighted by atomic mass is 79.9. The van der Waals surface area contributed by atoms with Gasteiger partial charge in [0.05, 0.1) is 29.0 Å². The highest BCUT2D eigenvalue weighted by Gasteiger charge is 2.32. The number of nitrogens with zero attached hydrogens (tertiary/aromatic N) is 2. The van der Waals surface area contributed by atoms with Crippen LogP contribution in [0.2, 0.25) is 0 Å². The van der Waals surface area contributed by atoms with Crippen LogP contribution in [0.5, 0.6) is 5.75 Å². The van der Waals surface area contributed by atoms with Gasteiger partial charge in [-0.05, 0) is 27.5 Å². The van der Waals surface area contributed by atoms with E-state index in [-0.39, 0.29) is 5.69 Å². The maximum Gasteiger partial charge on any atom is 0.419 e. The van der Waals surface area contributed by atoms with Crippen molar-refractivity contribution < 1.29 is 22.9 Å². The molecule has 0 spiro atoms. The molecule has 0 aliphatic heterocycles. The van der Waals surface area contributed by atoms with Crippen molar-refractivity contribution in [2.75, 3.05) is 7.11 Å².